The molecule has 0 radical (unpaired) electrons. The van der Waals surface area contributed by atoms with Gasteiger partial charge in [0, 0.05) is 59.5 Å². The van der Waals surface area contributed by atoms with Gasteiger partial charge in [0.2, 0.25) is 11.9 Å². The first-order valence-corrected chi connectivity index (χ1v) is 23.4. The number of ether oxygens (including phenoxy) is 2. The van der Waals surface area contributed by atoms with Crippen molar-refractivity contribution < 1.29 is 33.8 Å². The number of hydrogen-bond acceptors (Lipinski definition) is 17. The number of unbranched alkanes of at least 4 members (excludes halogenated alkanes) is 1. The fraction of sp³-hybridized carbons (Fsp3) is 0.395. The number of aromatic amines is 1. The van der Waals surface area contributed by atoms with E-state index in [1.54, 1.807) is 12.1 Å². The van der Waals surface area contributed by atoms with E-state index in [0.717, 1.165) is 41.5 Å². The number of nitrogens with zero attached hydrogens (tertiary/aromatic N) is 6. The summed E-state index contributed by atoms with van der Waals surface area (Å²) in [5.41, 5.74) is 14.8. The normalized spacial score (nSPS) is 12.0. The number of rotatable bonds is 23. The topological polar surface area (TPSA) is 297 Å². The van der Waals surface area contributed by atoms with E-state index in [9.17, 15) is 29.1 Å². The van der Waals surface area contributed by atoms with Gasteiger partial charge in [-0.2, -0.15) is 4.98 Å². The number of carboxylic acids is 1. The quantitative estimate of drug-likeness (QED) is 0.0251. The van der Waals surface area contributed by atoms with Crippen LogP contribution in [0.15, 0.2) is 59.5 Å². The van der Waals surface area contributed by atoms with Gasteiger partial charge in [-0.1, -0.05) is 67.0 Å². The predicted octanol–water partition coefficient (Wildman–Crippen LogP) is 5.07. The zero-order valence-corrected chi connectivity index (χ0v) is 37.9. The molecule has 0 saturated carbocycles. The fourth-order valence-corrected chi connectivity index (χ4v) is 8.46. The van der Waals surface area contributed by atoms with Crippen molar-refractivity contribution >= 4 is 96.1 Å². The number of fused-ring (bicyclic) bond motifs is 4. The van der Waals surface area contributed by atoms with Gasteiger partial charge >= 0.3 is 12.1 Å². The Bertz CT molecular complexity index is 2710. The highest BCUT2D eigenvalue weighted by Gasteiger charge is 2.27. The van der Waals surface area contributed by atoms with Crippen LogP contribution >= 0.6 is 21.6 Å². The smallest absolute Gasteiger partial charge is 0.480 e. The Balaban J connectivity index is 0.844. The molecule has 9 N–H and O–H groups in total. The van der Waals surface area contributed by atoms with E-state index in [4.69, 9.17) is 25.9 Å². The van der Waals surface area contributed by atoms with E-state index < -0.39 is 35.0 Å². The summed E-state index contributed by atoms with van der Waals surface area (Å²) in [5.74, 6) is 0.0658. The highest BCUT2D eigenvalue weighted by molar-refractivity contribution is 8.76. The number of hydrogen-bond donors (Lipinski definition) is 7. The molecule has 344 valence electrons. The molecule has 6 aromatic rings. The van der Waals surface area contributed by atoms with Crippen molar-refractivity contribution in [2.75, 3.05) is 48.0 Å². The Morgan fingerprint density at radius 2 is 1.74 bits per heavy atom. The first-order valence-electron chi connectivity index (χ1n) is 20.9. The largest absolute Gasteiger partial charge is 0.508 e. The number of benzene rings is 2. The van der Waals surface area contributed by atoms with E-state index in [2.05, 4.69) is 52.4 Å². The fourth-order valence-electron chi connectivity index (χ4n) is 6.73. The van der Waals surface area contributed by atoms with Crippen LogP contribution in [0.2, 0.25) is 0 Å². The number of para-hydroxylation sites is 1. The van der Waals surface area contributed by atoms with Gasteiger partial charge in [0.15, 0.2) is 17.0 Å². The molecule has 65 heavy (non-hydrogen) atoms. The number of carbonyl (C=O) groups is 4. The van der Waals surface area contributed by atoms with Gasteiger partial charge in [-0.15, -0.1) is 0 Å². The van der Waals surface area contributed by atoms with E-state index in [1.807, 2.05) is 38.1 Å². The molecule has 22 heteroatoms. The number of aryl methyl sites for hydroxylation is 1. The van der Waals surface area contributed by atoms with Gasteiger partial charge in [-0.05, 0) is 43.2 Å². The van der Waals surface area contributed by atoms with Crippen LogP contribution in [0.1, 0.15) is 68.3 Å². The highest BCUT2D eigenvalue weighted by atomic mass is 33.1. The minimum atomic E-state index is -1.29. The number of nitrogens with one attached hydrogen (secondary N) is 4. The number of imidazole rings is 1. The number of aliphatic carboxylic acids is 1. The minimum absolute atomic E-state index is 0.0505. The van der Waals surface area contributed by atoms with Crippen LogP contribution in [-0.2, 0) is 38.6 Å². The van der Waals surface area contributed by atoms with Crippen molar-refractivity contribution in [1.82, 2.24) is 45.1 Å². The van der Waals surface area contributed by atoms with Crippen LogP contribution in [0.25, 0.3) is 33.1 Å². The Labute approximate surface area is 381 Å². The molecule has 0 bridgehead atoms. The number of nitrogens with two attached hydrogens (primary N) is 2. The lowest BCUT2D eigenvalue weighted by Crippen LogP contribution is -2.41. The number of pyridine rings is 1. The summed E-state index contributed by atoms with van der Waals surface area (Å²) in [6, 6.07) is 12.9. The number of nitrogen functional groups attached to an aromatic ring is 2. The summed E-state index contributed by atoms with van der Waals surface area (Å²) >= 11 is 0. The molecular weight excluding hydrogens is 877 g/mol. The standard InChI is InChI=1S/C43H52N12O8S2/c1-4-5-10-31-52-33-35(28-8-6-7-9-29(28)50-36(33)44)55(31)23-43(2,3)24-63-42(61)62-18-20-65-64-19-17-46-32(56)16-15-30(40(59)60)51-38(57)25-11-13-26(14-12-25)47-21-27-22-48-37-34(49-27)39(58)54-41(45)53-37/h6-9,11-14,22,30,47H,4-5,10,15-21,23-24H2,1-3H3,(H2,44,50)(H,46,56)(H,51,57)(H,59,60)(H3,45,48,53,54,58). The first kappa shape index (κ1) is 47.8. The molecule has 0 aliphatic carbocycles. The summed E-state index contributed by atoms with van der Waals surface area (Å²) in [6.07, 6.45) is 3.25. The Hall–Kier alpha value is -6.68. The number of carboxylic acid groups (broad SMARTS) is 1. The maximum absolute atomic E-state index is 12.9. The third-order valence-electron chi connectivity index (χ3n) is 9.96. The van der Waals surface area contributed by atoms with Gasteiger partial charge in [0.1, 0.15) is 30.6 Å². The maximum atomic E-state index is 12.9. The molecule has 0 spiro atoms. The molecule has 0 fully saturated rings. The molecule has 4 heterocycles. The van der Waals surface area contributed by atoms with Crippen molar-refractivity contribution in [3.63, 3.8) is 0 Å². The van der Waals surface area contributed by atoms with E-state index >= 15 is 0 Å². The lowest BCUT2D eigenvalue weighted by molar-refractivity contribution is -0.139. The number of H-pyrrole nitrogens is 1. The monoisotopic (exact) mass is 928 g/mol. The molecule has 20 nitrogen and oxygen atoms in total. The Morgan fingerprint density at radius 1 is 0.969 bits per heavy atom. The van der Waals surface area contributed by atoms with E-state index in [1.165, 1.54) is 39.9 Å². The van der Waals surface area contributed by atoms with Gasteiger partial charge in [-0.25, -0.2) is 29.5 Å². The van der Waals surface area contributed by atoms with Gasteiger partial charge in [0.25, 0.3) is 11.5 Å². The second kappa shape index (κ2) is 22.3. The SMILES string of the molecule is CCCCc1nc2c(N)nc3ccccc3c2n1CC(C)(C)COC(=O)OCCSSCCNC(=O)CCC(NC(=O)c1ccc(NCc2cnc3nc(N)[nH]c(=O)c3n2)cc1)C(=O)O. The van der Waals surface area contributed by atoms with Crippen molar-refractivity contribution in [3.05, 3.63) is 82.2 Å². The Kier molecular flexibility index (Phi) is 16.4. The lowest BCUT2D eigenvalue weighted by atomic mass is 9.94. The molecule has 2 amide bonds. The van der Waals surface area contributed by atoms with Gasteiger partial charge in [0.05, 0.1) is 29.5 Å². The molecule has 0 aliphatic heterocycles. The minimum Gasteiger partial charge on any atom is -0.480 e. The zero-order valence-electron chi connectivity index (χ0n) is 36.2. The van der Waals surface area contributed by atoms with Crippen molar-refractivity contribution in [3.8, 4) is 0 Å². The molecule has 1 unspecified atom stereocenters. The summed E-state index contributed by atoms with van der Waals surface area (Å²) in [5, 5.41) is 19.0. The first-order chi connectivity index (χ1) is 31.2. The average molecular weight is 929 g/mol. The molecule has 6 rings (SSSR count). The zero-order chi connectivity index (χ0) is 46.5. The third-order valence-corrected chi connectivity index (χ3v) is 12.3. The van der Waals surface area contributed by atoms with E-state index in [-0.39, 0.29) is 61.2 Å². The van der Waals surface area contributed by atoms with Crippen molar-refractivity contribution in [2.24, 2.45) is 5.41 Å². The van der Waals surface area contributed by atoms with Gasteiger partial charge in [-0.3, -0.25) is 19.4 Å². The number of carbonyl (C=O) groups excluding carboxylic acids is 3. The third kappa shape index (κ3) is 13.2. The number of anilines is 3. The van der Waals surface area contributed by atoms with Crippen molar-refractivity contribution in [1.29, 1.82) is 0 Å². The van der Waals surface area contributed by atoms with Crippen molar-refractivity contribution in [2.45, 2.75) is 72.0 Å². The molecule has 0 saturated heterocycles. The van der Waals surface area contributed by atoms with Crippen LogP contribution < -0.4 is 33.0 Å². The molecule has 1 atom stereocenters. The van der Waals surface area contributed by atoms with Crippen LogP contribution in [0.5, 0.6) is 0 Å². The molecule has 2 aromatic carbocycles. The summed E-state index contributed by atoms with van der Waals surface area (Å²) in [7, 11) is 2.95. The number of amides is 2. The summed E-state index contributed by atoms with van der Waals surface area (Å²) in [6.45, 7) is 7.52. The van der Waals surface area contributed by atoms with Crippen LogP contribution in [0.4, 0.5) is 22.2 Å². The number of aromatic nitrogens is 7. The van der Waals surface area contributed by atoms with Crippen LogP contribution in [0.3, 0.4) is 0 Å². The van der Waals surface area contributed by atoms with Crippen LogP contribution in [0, 0.1) is 5.41 Å². The Morgan fingerprint density at radius 3 is 2.51 bits per heavy atom. The molecular formula is C43H52N12O8S2. The van der Waals surface area contributed by atoms with Gasteiger partial charge < -0.3 is 46.6 Å². The summed E-state index contributed by atoms with van der Waals surface area (Å²) < 4.78 is 13.0. The van der Waals surface area contributed by atoms with Crippen LogP contribution in [-0.4, -0.2) is 101 Å². The lowest BCUT2D eigenvalue weighted by Gasteiger charge is -2.26. The van der Waals surface area contributed by atoms with E-state index in [0.29, 0.717) is 47.3 Å². The average Bonchev–Trinajstić information content (AvgIpc) is 3.64. The second-order valence-electron chi connectivity index (χ2n) is 15.8. The predicted molar refractivity (Wildman–Crippen MR) is 251 cm³/mol. The second-order valence-corrected chi connectivity index (χ2v) is 18.5. The summed E-state index contributed by atoms with van der Waals surface area (Å²) in [4.78, 5) is 86.1. The molecule has 4 aromatic heterocycles. The molecule has 0 aliphatic rings. The highest BCUT2D eigenvalue weighted by Crippen LogP contribution is 2.32. The maximum Gasteiger partial charge on any atom is 0.508 e.